The van der Waals surface area contributed by atoms with Gasteiger partial charge >= 0.3 is 0 Å². The number of hydrogen-bond acceptors (Lipinski definition) is 6. The molecule has 0 radical (unpaired) electrons. The number of nitro benzene ring substituents is 1. The van der Waals surface area contributed by atoms with Gasteiger partial charge in [0.25, 0.3) is 11.6 Å². The highest BCUT2D eigenvalue weighted by Crippen LogP contribution is 2.33. The fourth-order valence-electron chi connectivity index (χ4n) is 2.29. The Morgan fingerprint density at radius 3 is 2.67 bits per heavy atom. The summed E-state index contributed by atoms with van der Waals surface area (Å²) in [7, 11) is 1.63. The van der Waals surface area contributed by atoms with Crippen molar-refractivity contribution in [2.75, 3.05) is 7.05 Å². The van der Waals surface area contributed by atoms with E-state index in [1.165, 1.54) is 28.8 Å². The van der Waals surface area contributed by atoms with Crippen LogP contribution in [0.15, 0.2) is 39.7 Å². The summed E-state index contributed by atoms with van der Waals surface area (Å²) in [5.74, 6) is 0.951. The van der Waals surface area contributed by atoms with Gasteiger partial charge in [-0.05, 0) is 30.7 Å². The van der Waals surface area contributed by atoms with E-state index in [4.69, 9.17) is 16.6 Å². The molecule has 0 unspecified atom stereocenters. The van der Waals surface area contributed by atoms with Crippen LogP contribution in [0.4, 0.5) is 5.69 Å². The lowest BCUT2D eigenvalue weighted by Gasteiger charge is -2.03. The van der Waals surface area contributed by atoms with Gasteiger partial charge in [0.05, 0.1) is 9.83 Å². The molecule has 6 nitrogen and oxygen atoms in total. The summed E-state index contributed by atoms with van der Waals surface area (Å²) in [5, 5.41) is 10.8. The number of nitro groups is 1. The van der Waals surface area contributed by atoms with Crippen molar-refractivity contribution in [3.05, 3.63) is 56.7 Å². The lowest BCUT2D eigenvalue weighted by molar-refractivity contribution is -0.384. The van der Waals surface area contributed by atoms with Crippen molar-refractivity contribution < 1.29 is 14.1 Å². The lowest BCUT2D eigenvalue weighted by atomic mass is 10.1. The fraction of sp³-hybridized carbons (Fsp3) is 0.125. The molecule has 1 amide bonds. The summed E-state index contributed by atoms with van der Waals surface area (Å²) in [4.78, 5) is 24.3. The van der Waals surface area contributed by atoms with Crippen molar-refractivity contribution in [3.8, 4) is 11.3 Å². The Morgan fingerprint density at radius 2 is 2.08 bits per heavy atom. The van der Waals surface area contributed by atoms with E-state index in [2.05, 4.69) is 0 Å². The van der Waals surface area contributed by atoms with Crippen molar-refractivity contribution in [1.82, 2.24) is 4.90 Å². The Bertz CT molecular complexity index is 901. The Kier molecular flexibility index (Phi) is 4.25. The summed E-state index contributed by atoms with van der Waals surface area (Å²) in [6.45, 7) is 1.78. The summed E-state index contributed by atoms with van der Waals surface area (Å²) in [5.41, 5.74) is 1.54. The molecule has 0 aliphatic carbocycles. The van der Waals surface area contributed by atoms with Crippen molar-refractivity contribution in [2.45, 2.75) is 6.92 Å². The predicted molar refractivity (Wildman–Crippen MR) is 96.5 cm³/mol. The van der Waals surface area contributed by atoms with E-state index in [0.717, 1.165) is 11.1 Å². The Hall–Kier alpha value is -2.45. The van der Waals surface area contributed by atoms with Gasteiger partial charge in [-0.3, -0.25) is 19.8 Å². The Morgan fingerprint density at radius 1 is 1.33 bits per heavy atom. The number of amides is 1. The molecule has 1 aromatic heterocycles. The zero-order valence-electron chi connectivity index (χ0n) is 12.8. The van der Waals surface area contributed by atoms with Crippen molar-refractivity contribution in [2.24, 2.45) is 0 Å². The van der Waals surface area contributed by atoms with Crippen molar-refractivity contribution in [3.63, 3.8) is 0 Å². The molecule has 0 saturated carbocycles. The number of thioether (sulfide) groups is 1. The molecular formula is C16H12N2O4S2. The number of non-ortho nitro benzene ring substituents is 1. The summed E-state index contributed by atoms with van der Waals surface area (Å²) >= 11 is 6.31. The van der Waals surface area contributed by atoms with Crippen LogP contribution in [0.3, 0.4) is 0 Å². The maximum atomic E-state index is 12.0. The first-order valence-electron chi connectivity index (χ1n) is 6.93. The highest BCUT2D eigenvalue weighted by Gasteiger charge is 2.29. The molecule has 1 aromatic carbocycles. The van der Waals surface area contributed by atoms with Crippen LogP contribution in [0.2, 0.25) is 0 Å². The number of nitrogens with zero attached hydrogens (tertiary/aromatic N) is 2. The van der Waals surface area contributed by atoms with Crippen LogP contribution in [0.5, 0.6) is 0 Å². The number of likely N-dealkylation sites (N-methyl/N-ethyl adjacent to an activating group) is 1. The normalized spacial score (nSPS) is 16.2. The third-order valence-electron chi connectivity index (χ3n) is 3.57. The molecule has 1 aliphatic heterocycles. The zero-order chi connectivity index (χ0) is 17.4. The standard InChI is InChI=1S/C16H12N2O4S2/c1-9-7-10(18(20)21)3-5-12(9)13-6-4-11(22-13)8-14-15(19)17(2)16(23)24-14/h3-8H,1-2H3. The largest absolute Gasteiger partial charge is 0.457 e. The molecule has 2 aromatic rings. The van der Waals surface area contributed by atoms with Gasteiger partial charge in [-0.2, -0.15) is 0 Å². The van der Waals surface area contributed by atoms with E-state index in [0.29, 0.717) is 20.7 Å². The predicted octanol–water partition coefficient (Wildman–Crippen LogP) is 3.99. The smallest absolute Gasteiger partial charge is 0.269 e. The molecule has 3 rings (SSSR count). The molecule has 24 heavy (non-hydrogen) atoms. The molecule has 2 heterocycles. The van der Waals surface area contributed by atoms with E-state index in [9.17, 15) is 14.9 Å². The van der Waals surface area contributed by atoms with Crippen LogP contribution in [0, 0.1) is 17.0 Å². The number of carbonyl (C=O) groups is 1. The van der Waals surface area contributed by atoms with Gasteiger partial charge in [0, 0.05) is 30.8 Å². The van der Waals surface area contributed by atoms with E-state index in [1.807, 2.05) is 0 Å². The van der Waals surface area contributed by atoms with Gasteiger partial charge in [-0.25, -0.2) is 0 Å². The summed E-state index contributed by atoms with van der Waals surface area (Å²) in [6.07, 6.45) is 1.65. The van der Waals surface area contributed by atoms with Gasteiger partial charge in [0.15, 0.2) is 0 Å². The first-order valence-corrected chi connectivity index (χ1v) is 8.16. The average Bonchev–Trinajstić information content (AvgIpc) is 3.08. The van der Waals surface area contributed by atoms with Gasteiger partial charge in [-0.1, -0.05) is 24.0 Å². The second-order valence-corrected chi connectivity index (χ2v) is 6.87. The number of furan rings is 1. The van der Waals surface area contributed by atoms with Crippen LogP contribution < -0.4 is 0 Å². The van der Waals surface area contributed by atoms with E-state index < -0.39 is 4.92 Å². The maximum absolute atomic E-state index is 12.0. The SMILES string of the molecule is Cc1cc([N+](=O)[O-])ccc1-c1ccc(C=C2SC(=S)N(C)C2=O)o1. The topological polar surface area (TPSA) is 76.6 Å². The van der Waals surface area contributed by atoms with Gasteiger partial charge in [-0.15, -0.1) is 0 Å². The molecule has 0 spiro atoms. The number of thiocarbonyl (C=S) groups is 1. The van der Waals surface area contributed by atoms with Crippen molar-refractivity contribution in [1.29, 1.82) is 0 Å². The Balaban J connectivity index is 1.91. The van der Waals surface area contributed by atoms with Gasteiger partial charge in [0.2, 0.25) is 0 Å². The summed E-state index contributed by atoms with van der Waals surface area (Å²) in [6, 6.07) is 8.11. The summed E-state index contributed by atoms with van der Waals surface area (Å²) < 4.78 is 6.26. The van der Waals surface area contributed by atoms with E-state index in [1.54, 1.807) is 38.2 Å². The molecule has 0 bridgehead atoms. The number of rotatable bonds is 3. The molecule has 0 atom stereocenters. The fourth-order valence-corrected chi connectivity index (χ4v) is 3.45. The number of aryl methyl sites for hydroxylation is 1. The molecule has 122 valence electrons. The molecule has 1 fully saturated rings. The molecular weight excluding hydrogens is 348 g/mol. The highest BCUT2D eigenvalue weighted by atomic mass is 32.2. The van der Waals surface area contributed by atoms with Crippen LogP contribution in [-0.4, -0.2) is 27.1 Å². The van der Waals surface area contributed by atoms with Crippen LogP contribution in [0.25, 0.3) is 17.4 Å². The molecule has 1 saturated heterocycles. The van der Waals surface area contributed by atoms with Gasteiger partial charge < -0.3 is 4.42 Å². The average molecular weight is 360 g/mol. The highest BCUT2D eigenvalue weighted by molar-refractivity contribution is 8.26. The maximum Gasteiger partial charge on any atom is 0.269 e. The first kappa shape index (κ1) is 16.4. The van der Waals surface area contributed by atoms with Crippen LogP contribution >= 0.6 is 24.0 Å². The quantitative estimate of drug-likeness (QED) is 0.356. The van der Waals surface area contributed by atoms with E-state index in [-0.39, 0.29) is 11.6 Å². The first-order chi connectivity index (χ1) is 11.4. The molecule has 0 N–H and O–H groups in total. The second kappa shape index (κ2) is 6.21. The second-order valence-electron chi connectivity index (χ2n) is 5.20. The third-order valence-corrected chi connectivity index (χ3v) is 5.06. The van der Waals surface area contributed by atoms with Crippen molar-refractivity contribution >= 4 is 46.0 Å². The molecule has 8 heteroatoms. The lowest BCUT2D eigenvalue weighted by Crippen LogP contribution is -2.22. The Labute approximate surface area is 147 Å². The van der Waals surface area contributed by atoms with Gasteiger partial charge in [0.1, 0.15) is 15.8 Å². The minimum atomic E-state index is -0.433. The minimum Gasteiger partial charge on any atom is -0.457 e. The molecule has 1 aliphatic rings. The number of hydrogen-bond donors (Lipinski definition) is 0. The van der Waals surface area contributed by atoms with Crippen LogP contribution in [-0.2, 0) is 4.79 Å². The monoisotopic (exact) mass is 360 g/mol. The van der Waals surface area contributed by atoms with Crippen LogP contribution in [0.1, 0.15) is 11.3 Å². The number of carbonyl (C=O) groups excluding carboxylic acids is 1. The third kappa shape index (κ3) is 2.98. The minimum absolute atomic E-state index is 0.0367. The number of benzene rings is 1. The van der Waals surface area contributed by atoms with E-state index >= 15 is 0 Å². The zero-order valence-corrected chi connectivity index (χ0v) is 14.4.